The SMILES string of the molecule is COc1ccc(C(=O)Nc2sc(C)c(C)c2[C@@H](c2ccccc2OC)N2CCOCC2)cc1. The van der Waals surface area contributed by atoms with Crippen molar-refractivity contribution < 1.29 is 19.0 Å². The zero-order valence-electron chi connectivity index (χ0n) is 19.5. The summed E-state index contributed by atoms with van der Waals surface area (Å²) < 4.78 is 16.6. The van der Waals surface area contributed by atoms with Crippen molar-refractivity contribution in [2.45, 2.75) is 19.9 Å². The third kappa shape index (κ3) is 4.90. The molecule has 1 amide bonds. The van der Waals surface area contributed by atoms with Gasteiger partial charge in [-0.3, -0.25) is 9.69 Å². The molecule has 6 nitrogen and oxygen atoms in total. The number of anilines is 1. The maximum Gasteiger partial charge on any atom is 0.256 e. The van der Waals surface area contributed by atoms with Gasteiger partial charge in [0.05, 0.1) is 33.5 Å². The highest BCUT2D eigenvalue weighted by molar-refractivity contribution is 7.16. The number of hydrogen-bond donors (Lipinski definition) is 1. The maximum atomic E-state index is 13.1. The molecular formula is C26H30N2O4S. The molecule has 1 fully saturated rings. The standard InChI is InChI=1S/C26H30N2O4S/c1-17-18(2)33-26(27-25(29)19-9-11-20(30-3)12-10-19)23(17)24(28-13-15-32-16-14-28)21-7-5-6-8-22(21)31-4/h5-12,24H,13-16H2,1-4H3,(H,27,29)/t24-/m1/s1. The summed E-state index contributed by atoms with van der Waals surface area (Å²) in [5, 5.41) is 4.06. The lowest BCUT2D eigenvalue weighted by Crippen LogP contribution is -2.40. The smallest absolute Gasteiger partial charge is 0.256 e. The lowest BCUT2D eigenvalue weighted by molar-refractivity contribution is 0.0236. The van der Waals surface area contributed by atoms with Crippen LogP contribution in [0.25, 0.3) is 0 Å². The number of morpholine rings is 1. The molecule has 0 aliphatic carbocycles. The molecule has 7 heteroatoms. The molecule has 1 atom stereocenters. The Morgan fingerprint density at radius 1 is 1.03 bits per heavy atom. The van der Waals surface area contributed by atoms with Crippen LogP contribution in [-0.2, 0) is 4.74 Å². The van der Waals surface area contributed by atoms with Crippen LogP contribution in [0.5, 0.6) is 11.5 Å². The van der Waals surface area contributed by atoms with E-state index in [1.807, 2.05) is 18.2 Å². The number of aryl methyl sites for hydroxylation is 1. The average molecular weight is 467 g/mol. The van der Waals surface area contributed by atoms with Gasteiger partial charge in [0, 0.05) is 34.7 Å². The van der Waals surface area contributed by atoms with Crippen molar-refractivity contribution in [3.63, 3.8) is 0 Å². The first-order chi connectivity index (χ1) is 16.0. The number of hydrogen-bond acceptors (Lipinski definition) is 6. The van der Waals surface area contributed by atoms with Gasteiger partial charge in [-0.25, -0.2) is 0 Å². The molecule has 1 saturated heterocycles. The number of thiophene rings is 1. The largest absolute Gasteiger partial charge is 0.497 e. The van der Waals surface area contributed by atoms with E-state index in [0.29, 0.717) is 18.8 Å². The number of rotatable bonds is 7. The number of benzene rings is 2. The molecule has 33 heavy (non-hydrogen) atoms. The van der Waals surface area contributed by atoms with Crippen LogP contribution in [0.3, 0.4) is 0 Å². The molecule has 3 aromatic rings. The molecule has 1 aliphatic rings. The molecule has 1 N–H and O–H groups in total. The van der Waals surface area contributed by atoms with Gasteiger partial charge in [-0.1, -0.05) is 18.2 Å². The van der Waals surface area contributed by atoms with Crippen molar-refractivity contribution >= 4 is 22.2 Å². The predicted octanol–water partition coefficient (Wildman–Crippen LogP) is 5.06. The van der Waals surface area contributed by atoms with E-state index in [2.05, 4.69) is 30.1 Å². The summed E-state index contributed by atoms with van der Waals surface area (Å²) in [6.07, 6.45) is 0. The first-order valence-electron chi connectivity index (χ1n) is 11.0. The van der Waals surface area contributed by atoms with Gasteiger partial charge >= 0.3 is 0 Å². The van der Waals surface area contributed by atoms with Gasteiger partial charge < -0.3 is 19.5 Å². The number of para-hydroxylation sites is 1. The van der Waals surface area contributed by atoms with Crippen molar-refractivity contribution in [3.8, 4) is 11.5 Å². The van der Waals surface area contributed by atoms with Crippen molar-refractivity contribution in [1.82, 2.24) is 4.90 Å². The third-order valence-corrected chi connectivity index (χ3v) is 7.27. The Balaban J connectivity index is 1.76. The normalized spacial score (nSPS) is 15.2. The van der Waals surface area contributed by atoms with Crippen LogP contribution in [0.1, 0.15) is 38.0 Å². The highest BCUT2D eigenvalue weighted by Crippen LogP contribution is 2.44. The predicted molar refractivity (Wildman–Crippen MR) is 132 cm³/mol. The molecule has 0 bridgehead atoms. The van der Waals surface area contributed by atoms with E-state index in [1.165, 1.54) is 10.4 Å². The minimum absolute atomic E-state index is 0.0545. The number of ether oxygens (including phenoxy) is 3. The number of amides is 1. The van der Waals surface area contributed by atoms with Crippen LogP contribution >= 0.6 is 11.3 Å². The average Bonchev–Trinajstić information content (AvgIpc) is 3.13. The molecule has 174 valence electrons. The van der Waals surface area contributed by atoms with Crippen molar-refractivity contribution in [2.24, 2.45) is 0 Å². The molecule has 0 spiro atoms. The second-order valence-corrected chi connectivity index (χ2v) is 9.23. The molecule has 2 heterocycles. The highest BCUT2D eigenvalue weighted by atomic mass is 32.1. The minimum Gasteiger partial charge on any atom is -0.497 e. The molecule has 1 aromatic heterocycles. The zero-order chi connectivity index (χ0) is 23.4. The van der Waals surface area contributed by atoms with Crippen molar-refractivity contribution in [3.05, 3.63) is 75.7 Å². The Kier molecular flexibility index (Phi) is 7.33. The van der Waals surface area contributed by atoms with Gasteiger partial charge in [0.1, 0.15) is 16.5 Å². The molecule has 4 rings (SSSR count). The summed E-state index contributed by atoms with van der Waals surface area (Å²) in [4.78, 5) is 16.7. The van der Waals surface area contributed by atoms with Crippen LogP contribution in [0.15, 0.2) is 48.5 Å². The number of carbonyl (C=O) groups excluding carboxylic acids is 1. The van der Waals surface area contributed by atoms with E-state index >= 15 is 0 Å². The molecule has 1 aliphatic heterocycles. The second-order valence-electron chi connectivity index (χ2n) is 8.00. The lowest BCUT2D eigenvalue weighted by Gasteiger charge is -2.36. The molecule has 2 aromatic carbocycles. The van der Waals surface area contributed by atoms with Crippen molar-refractivity contribution in [1.29, 1.82) is 0 Å². The van der Waals surface area contributed by atoms with E-state index in [9.17, 15) is 4.79 Å². The topological polar surface area (TPSA) is 60.0 Å². The molecular weight excluding hydrogens is 436 g/mol. The Bertz CT molecular complexity index is 1100. The lowest BCUT2D eigenvalue weighted by atomic mass is 9.93. The summed E-state index contributed by atoms with van der Waals surface area (Å²) in [5.41, 5.74) is 3.98. The molecule has 0 unspecified atom stereocenters. The van der Waals surface area contributed by atoms with Crippen LogP contribution < -0.4 is 14.8 Å². The number of nitrogens with one attached hydrogen (secondary N) is 1. The maximum absolute atomic E-state index is 13.1. The van der Waals surface area contributed by atoms with Gasteiger partial charge in [-0.05, 0) is 49.7 Å². The highest BCUT2D eigenvalue weighted by Gasteiger charge is 2.32. The van der Waals surface area contributed by atoms with E-state index in [0.717, 1.165) is 40.7 Å². The minimum atomic E-state index is -0.138. The number of methoxy groups -OCH3 is 2. The van der Waals surface area contributed by atoms with Gasteiger partial charge in [-0.2, -0.15) is 0 Å². The van der Waals surface area contributed by atoms with E-state index < -0.39 is 0 Å². The Hall–Kier alpha value is -2.87. The number of nitrogens with zero attached hydrogens (tertiary/aromatic N) is 1. The fourth-order valence-electron chi connectivity index (χ4n) is 4.25. The Morgan fingerprint density at radius 2 is 1.73 bits per heavy atom. The van der Waals surface area contributed by atoms with Crippen molar-refractivity contribution in [2.75, 3.05) is 45.8 Å². The van der Waals surface area contributed by atoms with Crippen LogP contribution in [-0.4, -0.2) is 51.3 Å². The summed E-state index contributed by atoms with van der Waals surface area (Å²) in [5.74, 6) is 1.42. The van der Waals surface area contributed by atoms with Gasteiger partial charge in [0.25, 0.3) is 5.91 Å². The fraction of sp³-hybridized carbons (Fsp3) is 0.346. The van der Waals surface area contributed by atoms with Gasteiger partial charge in [0.2, 0.25) is 0 Å². The third-order valence-electron chi connectivity index (χ3n) is 6.13. The summed E-state index contributed by atoms with van der Waals surface area (Å²) >= 11 is 1.62. The quantitative estimate of drug-likeness (QED) is 0.528. The second kappa shape index (κ2) is 10.4. The first kappa shape index (κ1) is 23.3. The van der Waals surface area contributed by atoms with Crippen LogP contribution in [0, 0.1) is 13.8 Å². The monoisotopic (exact) mass is 466 g/mol. The summed E-state index contributed by atoms with van der Waals surface area (Å²) in [6.45, 7) is 7.22. The van der Waals surface area contributed by atoms with Gasteiger partial charge in [-0.15, -0.1) is 11.3 Å². The Morgan fingerprint density at radius 3 is 2.39 bits per heavy atom. The molecule has 0 saturated carbocycles. The fourth-order valence-corrected chi connectivity index (χ4v) is 5.33. The van der Waals surface area contributed by atoms with Gasteiger partial charge in [0.15, 0.2) is 0 Å². The summed E-state index contributed by atoms with van der Waals surface area (Å²) in [7, 11) is 3.31. The zero-order valence-corrected chi connectivity index (χ0v) is 20.3. The summed E-state index contributed by atoms with van der Waals surface area (Å²) in [6, 6.07) is 15.2. The molecule has 0 radical (unpaired) electrons. The number of carbonyl (C=O) groups is 1. The van der Waals surface area contributed by atoms with Crippen LogP contribution in [0.4, 0.5) is 5.00 Å². The van der Waals surface area contributed by atoms with E-state index in [-0.39, 0.29) is 11.9 Å². The first-order valence-corrected chi connectivity index (χ1v) is 11.8. The van der Waals surface area contributed by atoms with E-state index in [1.54, 1.807) is 49.8 Å². The van der Waals surface area contributed by atoms with E-state index in [4.69, 9.17) is 14.2 Å². The van der Waals surface area contributed by atoms with Crippen LogP contribution in [0.2, 0.25) is 0 Å². The Labute approximate surface area is 199 Å².